The van der Waals surface area contributed by atoms with Crippen molar-refractivity contribution in [3.05, 3.63) is 40.9 Å². The summed E-state index contributed by atoms with van der Waals surface area (Å²) in [5, 5.41) is 5.16. The molecule has 4 nitrogen and oxygen atoms in total. The van der Waals surface area contributed by atoms with E-state index < -0.39 is 6.10 Å². The van der Waals surface area contributed by atoms with Gasteiger partial charge in [0, 0.05) is 11.6 Å². The van der Waals surface area contributed by atoms with Crippen LogP contribution >= 0.6 is 11.3 Å². The van der Waals surface area contributed by atoms with Crippen molar-refractivity contribution < 1.29 is 9.53 Å². The number of nitrogens with zero attached hydrogens (tertiary/aromatic N) is 1. The van der Waals surface area contributed by atoms with Gasteiger partial charge in [-0.15, -0.1) is 11.3 Å². The van der Waals surface area contributed by atoms with E-state index in [4.69, 9.17) is 4.74 Å². The van der Waals surface area contributed by atoms with Gasteiger partial charge < -0.3 is 4.74 Å². The van der Waals surface area contributed by atoms with E-state index in [1.807, 2.05) is 11.4 Å². The maximum absolute atomic E-state index is 12.0. The highest BCUT2D eigenvalue weighted by molar-refractivity contribution is 7.13. The fourth-order valence-electron chi connectivity index (χ4n) is 2.37. The number of aryl methyl sites for hydroxylation is 2. The lowest BCUT2D eigenvalue weighted by Gasteiger charge is -2.14. The number of rotatable bonds is 4. The molecule has 0 aliphatic heterocycles. The first-order chi connectivity index (χ1) is 9.72. The third kappa shape index (κ3) is 2.82. The summed E-state index contributed by atoms with van der Waals surface area (Å²) in [6.07, 6.45) is 4.57. The number of thiazole rings is 1. The van der Waals surface area contributed by atoms with Gasteiger partial charge in [0.25, 0.3) is 5.91 Å². The van der Waals surface area contributed by atoms with Gasteiger partial charge in [0.2, 0.25) is 0 Å². The summed E-state index contributed by atoms with van der Waals surface area (Å²) in [6, 6.07) is 6.09. The molecule has 1 atom stereocenters. The fourth-order valence-corrected chi connectivity index (χ4v) is 2.90. The summed E-state index contributed by atoms with van der Waals surface area (Å²) in [6.45, 7) is 1.75. The molecule has 1 aliphatic rings. The second-order valence-electron chi connectivity index (χ2n) is 4.87. The van der Waals surface area contributed by atoms with E-state index in [1.165, 1.54) is 28.9 Å². The summed E-state index contributed by atoms with van der Waals surface area (Å²) >= 11 is 1.39. The average molecular weight is 288 g/mol. The van der Waals surface area contributed by atoms with Crippen molar-refractivity contribution in [2.75, 3.05) is 5.32 Å². The molecule has 1 heterocycles. The number of aromatic nitrogens is 1. The molecule has 1 aliphatic carbocycles. The molecule has 0 saturated carbocycles. The van der Waals surface area contributed by atoms with Gasteiger partial charge in [0.1, 0.15) is 5.75 Å². The average Bonchev–Trinajstić information content (AvgIpc) is 3.08. The van der Waals surface area contributed by atoms with Crippen LogP contribution in [0, 0.1) is 0 Å². The highest BCUT2D eigenvalue weighted by Gasteiger charge is 2.17. The van der Waals surface area contributed by atoms with Crippen molar-refractivity contribution >= 4 is 22.4 Å². The first-order valence-corrected chi connectivity index (χ1v) is 7.59. The molecule has 0 fully saturated rings. The monoisotopic (exact) mass is 288 g/mol. The Morgan fingerprint density at radius 2 is 2.25 bits per heavy atom. The molecule has 1 amide bonds. The minimum absolute atomic E-state index is 0.180. The molecule has 20 heavy (non-hydrogen) atoms. The smallest absolute Gasteiger partial charge is 0.266 e. The van der Waals surface area contributed by atoms with Gasteiger partial charge in [0.15, 0.2) is 11.2 Å². The Hall–Kier alpha value is -1.88. The lowest BCUT2D eigenvalue weighted by molar-refractivity contribution is -0.122. The van der Waals surface area contributed by atoms with E-state index in [9.17, 15) is 4.79 Å². The second-order valence-corrected chi connectivity index (χ2v) is 5.77. The molecule has 3 rings (SSSR count). The zero-order valence-electron chi connectivity index (χ0n) is 11.3. The number of anilines is 1. The molecule has 0 spiro atoms. The molecule has 2 aromatic rings. The molecular weight excluding hydrogens is 272 g/mol. The minimum atomic E-state index is -0.543. The van der Waals surface area contributed by atoms with Crippen molar-refractivity contribution in [1.29, 1.82) is 0 Å². The predicted octanol–water partition coefficient (Wildman–Crippen LogP) is 3.04. The highest BCUT2D eigenvalue weighted by Crippen LogP contribution is 2.26. The van der Waals surface area contributed by atoms with E-state index in [2.05, 4.69) is 22.4 Å². The van der Waals surface area contributed by atoms with Gasteiger partial charge in [-0.2, -0.15) is 0 Å². The van der Waals surface area contributed by atoms with Crippen molar-refractivity contribution in [3.8, 4) is 5.75 Å². The van der Waals surface area contributed by atoms with Gasteiger partial charge >= 0.3 is 0 Å². The Morgan fingerprint density at radius 1 is 1.40 bits per heavy atom. The molecule has 0 bridgehead atoms. The number of hydrogen-bond donors (Lipinski definition) is 1. The van der Waals surface area contributed by atoms with Crippen LogP contribution in [0.25, 0.3) is 0 Å². The summed E-state index contributed by atoms with van der Waals surface area (Å²) in [4.78, 5) is 16.0. The topological polar surface area (TPSA) is 51.2 Å². The number of carbonyl (C=O) groups excluding carboxylic acids is 1. The zero-order valence-corrected chi connectivity index (χ0v) is 12.1. The van der Waals surface area contributed by atoms with E-state index >= 15 is 0 Å². The number of nitrogens with one attached hydrogen (secondary N) is 1. The van der Waals surface area contributed by atoms with E-state index in [1.54, 1.807) is 13.1 Å². The quantitative estimate of drug-likeness (QED) is 0.940. The molecular formula is C15H16N2O2S. The van der Waals surface area contributed by atoms with Crippen molar-refractivity contribution in [2.24, 2.45) is 0 Å². The number of amides is 1. The number of fused-ring (bicyclic) bond motifs is 1. The Labute approximate surface area is 121 Å². The van der Waals surface area contributed by atoms with Gasteiger partial charge in [-0.1, -0.05) is 6.07 Å². The normalized spacial score (nSPS) is 14.7. The summed E-state index contributed by atoms with van der Waals surface area (Å²) in [5.41, 5.74) is 2.74. The van der Waals surface area contributed by atoms with E-state index in [0.717, 1.165) is 18.6 Å². The highest BCUT2D eigenvalue weighted by atomic mass is 32.1. The van der Waals surface area contributed by atoms with Gasteiger partial charge in [0.05, 0.1) is 0 Å². The number of hydrogen-bond acceptors (Lipinski definition) is 4. The Morgan fingerprint density at radius 3 is 3.05 bits per heavy atom. The Balaban J connectivity index is 1.63. The van der Waals surface area contributed by atoms with Crippen LogP contribution < -0.4 is 10.1 Å². The molecule has 0 saturated heterocycles. The molecule has 1 aromatic heterocycles. The van der Waals surface area contributed by atoms with Crippen molar-refractivity contribution in [3.63, 3.8) is 0 Å². The minimum Gasteiger partial charge on any atom is -0.481 e. The largest absolute Gasteiger partial charge is 0.481 e. The van der Waals surface area contributed by atoms with Crippen LogP contribution in [0.1, 0.15) is 24.5 Å². The van der Waals surface area contributed by atoms with Crippen molar-refractivity contribution in [2.45, 2.75) is 32.3 Å². The Kier molecular flexibility index (Phi) is 3.69. The van der Waals surface area contributed by atoms with E-state index in [0.29, 0.717) is 5.13 Å². The number of carbonyl (C=O) groups is 1. The van der Waals surface area contributed by atoms with Crippen LogP contribution in [0.15, 0.2) is 29.8 Å². The second kappa shape index (κ2) is 5.63. The maximum atomic E-state index is 12.0. The SMILES string of the molecule is CC(Oc1ccc2c(c1)CCC2)C(=O)Nc1nccs1. The maximum Gasteiger partial charge on any atom is 0.266 e. The summed E-state index contributed by atoms with van der Waals surface area (Å²) < 4.78 is 5.71. The van der Waals surface area contributed by atoms with Gasteiger partial charge in [-0.25, -0.2) is 4.98 Å². The Bertz CT molecular complexity index is 610. The number of ether oxygens (including phenoxy) is 1. The molecule has 1 aromatic carbocycles. The van der Waals surface area contributed by atoms with Crippen LogP contribution in [-0.4, -0.2) is 17.0 Å². The lowest BCUT2D eigenvalue weighted by Crippen LogP contribution is -2.30. The third-order valence-electron chi connectivity index (χ3n) is 3.41. The van der Waals surface area contributed by atoms with E-state index in [-0.39, 0.29) is 5.91 Å². The van der Waals surface area contributed by atoms with Crippen molar-refractivity contribution in [1.82, 2.24) is 4.98 Å². The van der Waals surface area contributed by atoms with Crippen LogP contribution in [0.2, 0.25) is 0 Å². The van der Waals surface area contributed by atoms with Gasteiger partial charge in [-0.05, 0) is 49.4 Å². The lowest BCUT2D eigenvalue weighted by atomic mass is 10.1. The predicted molar refractivity (Wildman–Crippen MR) is 79.3 cm³/mol. The number of benzene rings is 1. The molecule has 1 unspecified atom stereocenters. The first-order valence-electron chi connectivity index (χ1n) is 6.71. The zero-order chi connectivity index (χ0) is 13.9. The summed E-state index contributed by atoms with van der Waals surface area (Å²) in [7, 11) is 0. The van der Waals surface area contributed by atoms with Crippen LogP contribution in [0.5, 0.6) is 5.75 Å². The van der Waals surface area contributed by atoms with Crippen LogP contribution in [0.3, 0.4) is 0 Å². The summed E-state index contributed by atoms with van der Waals surface area (Å²) in [5.74, 6) is 0.577. The van der Waals surface area contributed by atoms with Crippen LogP contribution in [0.4, 0.5) is 5.13 Å². The molecule has 5 heteroatoms. The molecule has 0 radical (unpaired) electrons. The van der Waals surface area contributed by atoms with Crippen LogP contribution in [-0.2, 0) is 17.6 Å². The third-order valence-corrected chi connectivity index (χ3v) is 4.10. The van der Waals surface area contributed by atoms with Gasteiger partial charge in [-0.3, -0.25) is 10.1 Å². The molecule has 104 valence electrons. The first kappa shape index (κ1) is 13.1. The standard InChI is InChI=1S/C15H16N2O2S/c1-10(14(18)17-15-16-7-8-20-15)19-13-6-5-11-3-2-4-12(11)9-13/h5-10H,2-4H2,1H3,(H,16,17,18). The molecule has 1 N–H and O–H groups in total. The fraction of sp³-hybridized carbons (Fsp3) is 0.333.